The molecule has 1 aliphatic rings. The zero-order chi connectivity index (χ0) is 20.1. The van der Waals surface area contributed by atoms with Gasteiger partial charge in [-0.15, -0.1) is 0 Å². The van der Waals surface area contributed by atoms with E-state index in [1.807, 2.05) is 13.8 Å². The van der Waals surface area contributed by atoms with Crippen molar-refractivity contribution in [3.8, 4) is 0 Å². The second kappa shape index (κ2) is 8.95. The van der Waals surface area contributed by atoms with Crippen LogP contribution in [0.25, 0.3) is 0 Å². The van der Waals surface area contributed by atoms with E-state index in [0.717, 1.165) is 18.5 Å². The third kappa shape index (κ3) is 4.94. The van der Waals surface area contributed by atoms with Gasteiger partial charge in [-0.1, -0.05) is 26.7 Å². The molecule has 0 spiro atoms. The summed E-state index contributed by atoms with van der Waals surface area (Å²) < 4.78 is 2.76. The van der Waals surface area contributed by atoms with E-state index < -0.39 is 0 Å². The maximum Gasteiger partial charge on any atom is 0.254 e. The van der Waals surface area contributed by atoms with E-state index in [9.17, 15) is 14.4 Å². The van der Waals surface area contributed by atoms with Gasteiger partial charge in [0.2, 0.25) is 5.91 Å². The predicted molar refractivity (Wildman–Crippen MR) is 105 cm³/mol. The Bertz CT molecular complexity index is 941. The molecule has 1 fully saturated rings. The third-order valence-corrected chi connectivity index (χ3v) is 5.16. The standard InChI is InChI=1S/C20H27N5O3/c1-14(2)16-9-20(28)25(13-22-16)11-18(26)21-7-8-24-12-23-17(10-19(24)27)15-5-3-4-6-15/h9-10,12-15H,3-8,11H2,1-2H3,(H,21,26). The van der Waals surface area contributed by atoms with Crippen LogP contribution in [0, 0.1) is 0 Å². The first-order chi connectivity index (χ1) is 13.4. The van der Waals surface area contributed by atoms with Crippen LogP contribution in [0.2, 0.25) is 0 Å². The largest absolute Gasteiger partial charge is 0.353 e. The fourth-order valence-corrected chi connectivity index (χ4v) is 3.45. The second-order valence-electron chi connectivity index (χ2n) is 7.61. The highest BCUT2D eigenvalue weighted by Gasteiger charge is 2.18. The van der Waals surface area contributed by atoms with Gasteiger partial charge in [-0.2, -0.15) is 0 Å². The third-order valence-electron chi connectivity index (χ3n) is 5.16. The molecule has 0 aromatic carbocycles. The van der Waals surface area contributed by atoms with Crippen molar-refractivity contribution < 1.29 is 4.79 Å². The van der Waals surface area contributed by atoms with Crippen LogP contribution in [-0.4, -0.2) is 31.6 Å². The highest BCUT2D eigenvalue weighted by Crippen LogP contribution is 2.32. The monoisotopic (exact) mass is 385 g/mol. The first-order valence-electron chi connectivity index (χ1n) is 9.83. The normalized spacial score (nSPS) is 14.5. The average Bonchev–Trinajstić information content (AvgIpc) is 3.19. The molecule has 2 aromatic heterocycles. The Hall–Kier alpha value is -2.77. The molecule has 2 heterocycles. The molecule has 0 saturated heterocycles. The molecule has 0 bridgehead atoms. The van der Waals surface area contributed by atoms with Crippen LogP contribution in [0.3, 0.4) is 0 Å². The summed E-state index contributed by atoms with van der Waals surface area (Å²) in [5.41, 5.74) is 1.22. The fraction of sp³-hybridized carbons (Fsp3) is 0.550. The van der Waals surface area contributed by atoms with Crippen molar-refractivity contribution in [1.82, 2.24) is 24.4 Å². The first-order valence-corrected chi connectivity index (χ1v) is 9.83. The molecule has 1 aliphatic carbocycles. The van der Waals surface area contributed by atoms with Gasteiger partial charge in [-0.3, -0.25) is 23.5 Å². The van der Waals surface area contributed by atoms with E-state index >= 15 is 0 Å². The van der Waals surface area contributed by atoms with Crippen LogP contribution in [0.4, 0.5) is 0 Å². The predicted octanol–water partition coefficient (Wildman–Crippen LogP) is 1.40. The highest BCUT2D eigenvalue weighted by atomic mass is 16.2. The first kappa shape index (κ1) is 20.0. The lowest BCUT2D eigenvalue weighted by molar-refractivity contribution is -0.121. The lowest BCUT2D eigenvalue weighted by Crippen LogP contribution is -2.35. The van der Waals surface area contributed by atoms with Crippen molar-refractivity contribution >= 4 is 5.91 Å². The van der Waals surface area contributed by atoms with Crippen LogP contribution in [0.5, 0.6) is 0 Å². The molecule has 2 aromatic rings. The molecule has 0 aliphatic heterocycles. The van der Waals surface area contributed by atoms with Crippen LogP contribution in [-0.2, 0) is 17.9 Å². The minimum Gasteiger partial charge on any atom is -0.353 e. The number of hydrogen-bond acceptors (Lipinski definition) is 5. The summed E-state index contributed by atoms with van der Waals surface area (Å²) in [6.45, 7) is 4.43. The van der Waals surface area contributed by atoms with Crippen molar-refractivity contribution in [3.05, 3.63) is 56.9 Å². The Morgan fingerprint density at radius 1 is 1.11 bits per heavy atom. The smallest absolute Gasteiger partial charge is 0.254 e. The molecular weight excluding hydrogens is 358 g/mol. The van der Waals surface area contributed by atoms with Crippen molar-refractivity contribution in [1.29, 1.82) is 0 Å². The van der Waals surface area contributed by atoms with Crippen molar-refractivity contribution in [3.63, 3.8) is 0 Å². The summed E-state index contributed by atoms with van der Waals surface area (Å²) in [7, 11) is 0. The van der Waals surface area contributed by atoms with Crippen LogP contribution in [0.15, 0.2) is 34.4 Å². The molecular formula is C20H27N5O3. The van der Waals surface area contributed by atoms with Crippen molar-refractivity contribution in [2.24, 2.45) is 0 Å². The van der Waals surface area contributed by atoms with Crippen LogP contribution < -0.4 is 16.4 Å². The van der Waals surface area contributed by atoms with Gasteiger partial charge in [0.25, 0.3) is 11.1 Å². The van der Waals surface area contributed by atoms with Gasteiger partial charge in [0.05, 0.1) is 24.0 Å². The SMILES string of the molecule is CC(C)c1cc(=O)n(CC(=O)NCCn2cnc(C3CCCC3)cc2=O)cn1. The van der Waals surface area contributed by atoms with Gasteiger partial charge in [-0.25, -0.2) is 9.97 Å². The van der Waals surface area contributed by atoms with Crippen molar-refractivity contribution in [2.75, 3.05) is 6.54 Å². The molecule has 150 valence electrons. The summed E-state index contributed by atoms with van der Waals surface area (Å²) in [6.07, 6.45) is 7.53. The highest BCUT2D eigenvalue weighted by molar-refractivity contribution is 5.75. The van der Waals surface area contributed by atoms with E-state index in [1.54, 1.807) is 12.4 Å². The zero-order valence-electron chi connectivity index (χ0n) is 16.4. The Labute approximate surface area is 163 Å². The molecule has 0 radical (unpaired) electrons. The van der Waals surface area contributed by atoms with Gasteiger partial charge < -0.3 is 5.32 Å². The molecule has 1 N–H and O–H groups in total. The average molecular weight is 385 g/mol. The Morgan fingerprint density at radius 3 is 2.43 bits per heavy atom. The van der Waals surface area contributed by atoms with Gasteiger partial charge in [0, 0.05) is 31.1 Å². The number of amides is 1. The van der Waals surface area contributed by atoms with E-state index in [-0.39, 0.29) is 36.0 Å². The molecule has 1 amide bonds. The number of aromatic nitrogens is 4. The minimum atomic E-state index is -0.301. The summed E-state index contributed by atoms with van der Waals surface area (Å²) >= 11 is 0. The summed E-state index contributed by atoms with van der Waals surface area (Å²) in [4.78, 5) is 45.0. The lowest BCUT2D eigenvalue weighted by Gasteiger charge is -2.11. The molecule has 0 unspecified atom stereocenters. The molecule has 28 heavy (non-hydrogen) atoms. The summed E-state index contributed by atoms with van der Waals surface area (Å²) in [5, 5.41) is 2.73. The van der Waals surface area contributed by atoms with Gasteiger partial charge in [-0.05, 0) is 18.8 Å². The van der Waals surface area contributed by atoms with Crippen LogP contribution >= 0.6 is 0 Å². The number of carbonyl (C=O) groups is 1. The zero-order valence-corrected chi connectivity index (χ0v) is 16.4. The molecule has 8 nitrogen and oxygen atoms in total. The number of carbonyl (C=O) groups excluding carboxylic acids is 1. The maximum absolute atomic E-state index is 12.3. The number of rotatable bonds is 7. The van der Waals surface area contributed by atoms with Gasteiger partial charge in [0.15, 0.2) is 0 Å². The second-order valence-corrected chi connectivity index (χ2v) is 7.61. The van der Waals surface area contributed by atoms with E-state index in [4.69, 9.17) is 0 Å². The minimum absolute atomic E-state index is 0.0992. The van der Waals surface area contributed by atoms with E-state index in [0.29, 0.717) is 18.2 Å². The van der Waals surface area contributed by atoms with E-state index in [2.05, 4.69) is 15.3 Å². The summed E-state index contributed by atoms with van der Waals surface area (Å²) in [5.74, 6) is 0.254. The number of hydrogen-bond donors (Lipinski definition) is 1. The molecule has 3 rings (SSSR count). The fourth-order valence-electron chi connectivity index (χ4n) is 3.45. The number of nitrogens with zero attached hydrogens (tertiary/aromatic N) is 4. The van der Waals surface area contributed by atoms with Gasteiger partial charge in [0.1, 0.15) is 6.54 Å². The van der Waals surface area contributed by atoms with Crippen molar-refractivity contribution in [2.45, 2.75) is 64.5 Å². The maximum atomic E-state index is 12.3. The van der Waals surface area contributed by atoms with Gasteiger partial charge >= 0.3 is 0 Å². The molecule has 0 atom stereocenters. The Balaban J connectivity index is 1.51. The molecule has 8 heteroatoms. The summed E-state index contributed by atoms with van der Waals surface area (Å²) in [6, 6.07) is 3.06. The molecule has 1 saturated carbocycles. The number of nitrogens with one attached hydrogen (secondary N) is 1. The van der Waals surface area contributed by atoms with Crippen LogP contribution in [0.1, 0.15) is 62.8 Å². The Morgan fingerprint density at radius 2 is 1.79 bits per heavy atom. The quantitative estimate of drug-likeness (QED) is 0.777. The lowest BCUT2D eigenvalue weighted by atomic mass is 10.0. The Kier molecular flexibility index (Phi) is 6.38. The van der Waals surface area contributed by atoms with E-state index in [1.165, 1.54) is 34.4 Å². The topological polar surface area (TPSA) is 98.9 Å².